The summed E-state index contributed by atoms with van der Waals surface area (Å²) >= 11 is 1.12. The minimum absolute atomic E-state index is 0.0360. The molecule has 2 aromatic rings. The second-order valence-electron chi connectivity index (χ2n) is 7.41. The predicted octanol–water partition coefficient (Wildman–Crippen LogP) is 2.73. The molecule has 0 bridgehead atoms. The predicted molar refractivity (Wildman–Crippen MR) is 121 cm³/mol. The van der Waals surface area contributed by atoms with E-state index in [0.29, 0.717) is 12.2 Å². The van der Waals surface area contributed by atoms with Gasteiger partial charge in [-0.15, -0.1) is 24.9 Å². The van der Waals surface area contributed by atoms with Crippen LogP contribution in [0.1, 0.15) is 18.4 Å². The number of ether oxygens (including phenoxy) is 1. The standard InChI is InChI=1S/C22H23F3N4O4S/c23-22(24,25)33-17-8-6-15(7-9-17)27-20(32)13-34-21-28-16(11-19(31)29-21)10-18(30)26-12-14-4-2-1-3-5-14/h1-9,16,21,28H,10-13H2,(H,26,30)(H,27,32)(H,29,31). The van der Waals surface area contributed by atoms with Gasteiger partial charge in [0.1, 0.15) is 11.2 Å². The first-order valence-electron chi connectivity index (χ1n) is 10.3. The summed E-state index contributed by atoms with van der Waals surface area (Å²) < 4.78 is 40.4. The van der Waals surface area contributed by atoms with Crippen LogP contribution in [0.2, 0.25) is 0 Å². The number of carbonyl (C=O) groups excluding carboxylic acids is 3. The van der Waals surface area contributed by atoms with Crippen LogP contribution in [0.5, 0.6) is 5.75 Å². The minimum Gasteiger partial charge on any atom is -0.406 e. The lowest BCUT2D eigenvalue weighted by molar-refractivity contribution is -0.274. The highest BCUT2D eigenvalue weighted by atomic mass is 32.2. The van der Waals surface area contributed by atoms with Crippen LogP contribution in [0, 0.1) is 0 Å². The fourth-order valence-electron chi connectivity index (χ4n) is 3.15. The Balaban J connectivity index is 1.41. The van der Waals surface area contributed by atoms with Gasteiger partial charge >= 0.3 is 6.36 Å². The first-order chi connectivity index (χ1) is 16.2. The molecule has 3 rings (SSSR count). The molecule has 3 amide bonds. The van der Waals surface area contributed by atoms with Crippen LogP contribution < -0.4 is 26.0 Å². The number of amides is 3. The summed E-state index contributed by atoms with van der Waals surface area (Å²) in [6, 6.07) is 13.8. The molecule has 2 atom stereocenters. The van der Waals surface area contributed by atoms with Crippen LogP contribution in [0.3, 0.4) is 0 Å². The summed E-state index contributed by atoms with van der Waals surface area (Å²) in [5.74, 6) is -1.28. The Hall–Kier alpha value is -3.25. The maximum Gasteiger partial charge on any atom is 0.573 e. The normalized spacial score (nSPS) is 18.0. The molecule has 2 aromatic carbocycles. The molecule has 4 N–H and O–H groups in total. The van der Waals surface area contributed by atoms with Crippen molar-refractivity contribution in [1.82, 2.24) is 16.0 Å². The first kappa shape index (κ1) is 25.4. The number of anilines is 1. The van der Waals surface area contributed by atoms with Crippen molar-refractivity contribution in [3.63, 3.8) is 0 Å². The van der Waals surface area contributed by atoms with E-state index in [1.807, 2.05) is 30.3 Å². The number of nitrogens with one attached hydrogen (secondary N) is 4. The van der Waals surface area contributed by atoms with Gasteiger partial charge < -0.3 is 20.7 Å². The third kappa shape index (κ3) is 8.94. The molecule has 8 nitrogen and oxygen atoms in total. The number of benzene rings is 2. The van der Waals surface area contributed by atoms with E-state index >= 15 is 0 Å². The fraction of sp³-hybridized carbons (Fsp3) is 0.318. The van der Waals surface area contributed by atoms with E-state index in [9.17, 15) is 27.6 Å². The van der Waals surface area contributed by atoms with Gasteiger partial charge in [0.25, 0.3) is 0 Å². The summed E-state index contributed by atoms with van der Waals surface area (Å²) in [5.41, 5.74) is 0.697. The average molecular weight is 497 g/mol. The quantitative estimate of drug-likeness (QED) is 0.425. The Morgan fingerprint density at radius 3 is 2.44 bits per heavy atom. The van der Waals surface area contributed by atoms with Crippen molar-refractivity contribution in [2.75, 3.05) is 11.1 Å². The molecule has 0 saturated carbocycles. The lowest BCUT2D eigenvalue weighted by atomic mass is 10.1. The van der Waals surface area contributed by atoms with E-state index in [1.54, 1.807) is 0 Å². The van der Waals surface area contributed by atoms with Gasteiger partial charge in [0, 0.05) is 31.1 Å². The fourth-order valence-corrected chi connectivity index (χ4v) is 4.05. The zero-order valence-electron chi connectivity index (χ0n) is 17.9. The number of alkyl halides is 3. The zero-order valence-corrected chi connectivity index (χ0v) is 18.7. The van der Waals surface area contributed by atoms with Crippen molar-refractivity contribution in [3.05, 3.63) is 60.2 Å². The number of halogens is 3. The number of hydrogen-bond donors (Lipinski definition) is 4. The first-order valence-corrected chi connectivity index (χ1v) is 11.3. The van der Waals surface area contributed by atoms with Crippen molar-refractivity contribution in [3.8, 4) is 5.75 Å². The second-order valence-corrected chi connectivity index (χ2v) is 8.51. The van der Waals surface area contributed by atoms with Gasteiger partial charge in [-0.05, 0) is 29.8 Å². The molecular formula is C22H23F3N4O4S. The second kappa shape index (κ2) is 11.7. The van der Waals surface area contributed by atoms with E-state index in [0.717, 1.165) is 29.5 Å². The highest BCUT2D eigenvalue weighted by molar-refractivity contribution is 8.00. The molecule has 34 heavy (non-hydrogen) atoms. The minimum atomic E-state index is -4.79. The highest BCUT2D eigenvalue weighted by Crippen LogP contribution is 2.24. The molecule has 2 unspecified atom stereocenters. The number of rotatable bonds is 9. The summed E-state index contributed by atoms with van der Waals surface area (Å²) in [5, 5.41) is 11.2. The van der Waals surface area contributed by atoms with Crippen molar-refractivity contribution in [2.24, 2.45) is 0 Å². The molecule has 0 aliphatic carbocycles. The van der Waals surface area contributed by atoms with E-state index in [1.165, 1.54) is 12.1 Å². The van der Waals surface area contributed by atoms with Gasteiger partial charge in [-0.1, -0.05) is 30.3 Å². The topological polar surface area (TPSA) is 109 Å². The number of carbonyl (C=O) groups is 3. The average Bonchev–Trinajstić information content (AvgIpc) is 2.77. The van der Waals surface area contributed by atoms with Crippen LogP contribution in [0.4, 0.5) is 18.9 Å². The lowest BCUT2D eigenvalue weighted by Gasteiger charge is -2.30. The number of hydrogen-bond acceptors (Lipinski definition) is 6. The SMILES string of the molecule is O=C(CC1CC(=O)NC(SCC(=O)Nc2ccc(OC(F)(F)F)cc2)N1)NCc1ccccc1. The summed E-state index contributed by atoms with van der Waals surface area (Å²) in [7, 11) is 0. The molecule has 1 saturated heterocycles. The van der Waals surface area contributed by atoms with Crippen molar-refractivity contribution in [1.29, 1.82) is 0 Å². The Bertz CT molecular complexity index is 990. The highest BCUT2D eigenvalue weighted by Gasteiger charge is 2.31. The van der Waals surface area contributed by atoms with Gasteiger partial charge in [-0.2, -0.15) is 0 Å². The largest absolute Gasteiger partial charge is 0.573 e. The molecule has 1 aliphatic heterocycles. The molecule has 0 spiro atoms. The van der Waals surface area contributed by atoms with Crippen molar-refractivity contribution < 1.29 is 32.3 Å². The molecule has 0 radical (unpaired) electrons. The van der Waals surface area contributed by atoms with E-state index in [2.05, 4.69) is 26.0 Å². The molecule has 12 heteroatoms. The van der Waals surface area contributed by atoms with Crippen LogP contribution in [0.15, 0.2) is 54.6 Å². The van der Waals surface area contributed by atoms with Crippen LogP contribution in [0.25, 0.3) is 0 Å². The third-order valence-corrected chi connectivity index (χ3v) is 5.64. The molecule has 1 aliphatic rings. The molecule has 1 heterocycles. The Kier molecular flexibility index (Phi) is 8.77. The van der Waals surface area contributed by atoms with Crippen LogP contribution in [-0.4, -0.2) is 41.4 Å². The van der Waals surface area contributed by atoms with Gasteiger partial charge in [-0.25, -0.2) is 0 Å². The van der Waals surface area contributed by atoms with E-state index < -0.39 is 23.5 Å². The van der Waals surface area contributed by atoms with Gasteiger partial charge in [0.15, 0.2) is 0 Å². The maximum absolute atomic E-state index is 12.2. The molecule has 182 valence electrons. The zero-order chi connectivity index (χ0) is 24.6. The van der Waals surface area contributed by atoms with E-state index in [-0.39, 0.29) is 36.5 Å². The summed E-state index contributed by atoms with van der Waals surface area (Å²) in [4.78, 5) is 36.4. The smallest absolute Gasteiger partial charge is 0.406 e. The van der Waals surface area contributed by atoms with Crippen molar-refractivity contribution >= 4 is 35.2 Å². The van der Waals surface area contributed by atoms with Gasteiger partial charge in [-0.3, -0.25) is 19.7 Å². The molecule has 0 aromatic heterocycles. The van der Waals surface area contributed by atoms with Gasteiger partial charge in [0.05, 0.1) is 5.75 Å². The Labute approximate surface area is 198 Å². The summed E-state index contributed by atoms with van der Waals surface area (Å²) in [6.07, 6.45) is -4.55. The van der Waals surface area contributed by atoms with Gasteiger partial charge in [0.2, 0.25) is 17.7 Å². The Morgan fingerprint density at radius 2 is 1.76 bits per heavy atom. The monoisotopic (exact) mass is 496 g/mol. The molecule has 1 fully saturated rings. The third-order valence-electron chi connectivity index (χ3n) is 4.63. The van der Waals surface area contributed by atoms with Crippen LogP contribution in [-0.2, 0) is 20.9 Å². The van der Waals surface area contributed by atoms with Crippen molar-refractivity contribution in [2.45, 2.75) is 37.3 Å². The lowest BCUT2D eigenvalue weighted by Crippen LogP contribution is -2.56. The number of thioether (sulfide) groups is 1. The van der Waals surface area contributed by atoms with E-state index in [4.69, 9.17) is 0 Å². The Morgan fingerprint density at radius 1 is 1.06 bits per heavy atom. The van der Waals surface area contributed by atoms with Crippen LogP contribution >= 0.6 is 11.8 Å². The maximum atomic E-state index is 12.2. The molecular weight excluding hydrogens is 473 g/mol. The summed E-state index contributed by atoms with van der Waals surface area (Å²) in [6.45, 7) is 0.389.